The second kappa shape index (κ2) is 74.4. The van der Waals surface area contributed by atoms with E-state index in [4.69, 9.17) is 18.5 Å². The maximum atomic E-state index is 12.9. The zero-order chi connectivity index (χ0) is 68.3. The molecule has 0 aromatic carbocycles. The van der Waals surface area contributed by atoms with Crippen molar-refractivity contribution in [2.24, 2.45) is 0 Å². The van der Waals surface area contributed by atoms with E-state index in [0.717, 1.165) is 83.5 Å². The van der Waals surface area contributed by atoms with Crippen LogP contribution < -0.4 is 0 Å². The minimum absolute atomic E-state index is 0.0294. The van der Waals surface area contributed by atoms with E-state index in [9.17, 15) is 19.0 Å². The molecule has 0 radical (unpaired) electrons. The largest absolute Gasteiger partial charge is 0.472 e. The molecular weight excluding hydrogens is 1180 g/mol. The maximum absolute atomic E-state index is 12.9. The van der Waals surface area contributed by atoms with Crippen molar-refractivity contribution in [3.05, 3.63) is 85.1 Å². The molecule has 10 heteroatoms. The van der Waals surface area contributed by atoms with E-state index >= 15 is 0 Å². The van der Waals surface area contributed by atoms with Gasteiger partial charge in [-0.1, -0.05) is 369 Å². The third-order valence-corrected chi connectivity index (χ3v) is 18.9. The number of nitrogens with zero attached hydrogens (tertiary/aromatic N) is 1. The summed E-state index contributed by atoms with van der Waals surface area (Å²) in [6, 6.07) is 0. The quantitative estimate of drug-likeness (QED) is 0.0211. The van der Waals surface area contributed by atoms with Crippen LogP contribution in [0.15, 0.2) is 85.1 Å². The first-order valence-corrected chi connectivity index (χ1v) is 41.8. The van der Waals surface area contributed by atoms with Gasteiger partial charge in [0.1, 0.15) is 19.8 Å². The van der Waals surface area contributed by atoms with Crippen LogP contribution in [0.4, 0.5) is 0 Å². The van der Waals surface area contributed by atoms with Gasteiger partial charge in [0.2, 0.25) is 0 Å². The minimum Gasteiger partial charge on any atom is -0.462 e. The first kappa shape index (κ1) is 91.2. The molecule has 1 N–H and O–H groups in total. The number of esters is 2. The molecule has 0 amide bonds. The second-order valence-corrected chi connectivity index (χ2v) is 29.9. The standard InChI is InChI=1S/C84H154NO8P/c1-6-8-10-12-14-16-18-20-22-24-26-28-30-32-34-36-37-38-39-40-41-42-43-44-45-46-47-49-50-52-54-56-58-60-62-64-66-68-70-72-74-76-83(86)90-80-82(81-92-94(88,89)91-79-78-85(3,4)5)93-84(87)77-75-73-71-69-67-65-63-61-59-57-55-53-51-48-35-33-31-29-27-25-23-21-19-17-15-13-11-9-7-2/h9,11,15,17,21,23-24,26-27,29,33,35,51,53,82H,6-8,10,12-14,16,18-20,22,25,28,30-32,34,36-50,52,54-81H2,1-5H3/p+1/b11-9-,17-15-,23-21-,26-24-,29-27-,35-33-,53-51-. The highest BCUT2D eigenvalue weighted by Gasteiger charge is 2.27. The van der Waals surface area contributed by atoms with Crippen LogP contribution in [-0.4, -0.2) is 74.9 Å². The molecule has 0 bridgehead atoms. The lowest BCUT2D eigenvalue weighted by Gasteiger charge is -2.24. The Hall–Kier alpha value is -2.81. The average Bonchev–Trinajstić information content (AvgIpc) is 1.65. The number of phosphoric acid groups is 1. The highest BCUT2D eigenvalue weighted by Crippen LogP contribution is 2.43. The van der Waals surface area contributed by atoms with Crippen LogP contribution in [0.3, 0.4) is 0 Å². The number of quaternary nitrogens is 1. The lowest BCUT2D eigenvalue weighted by atomic mass is 10.0. The molecule has 0 fully saturated rings. The molecule has 2 unspecified atom stereocenters. The lowest BCUT2D eigenvalue weighted by molar-refractivity contribution is -0.870. The van der Waals surface area contributed by atoms with Crippen molar-refractivity contribution in [1.82, 2.24) is 0 Å². The van der Waals surface area contributed by atoms with Gasteiger partial charge in [0.05, 0.1) is 27.7 Å². The summed E-state index contributed by atoms with van der Waals surface area (Å²) < 4.78 is 34.8. The van der Waals surface area contributed by atoms with E-state index in [1.54, 1.807) is 0 Å². The number of unbranched alkanes of at least 4 members (excludes halogenated alkanes) is 47. The number of phosphoric ester groups is 1. The fraction of sp³-hybridized carbons (Fsp3) is 0.810. The molecule has 0 aliphatic carbocycles. The van der Waals surface area contributed by atoms with Gasteiger partial charge in [0.15, 0.2) is 6.10 Å². The Bertz CT molecular complexity index is 1860. The molecule has 0 saturated heterocycles. The van der Waals surface area contributed by atoms with Gasteiger partial charge >= 0.3 is 19.8 Å². The SMILES string of the molecule is CC/C=C\C/C=C\C/C=C\C/C=C\C/C=C\C/C=C\CCCCCCCCCCCCC(=O)OC(COC(=O)CCCCCCCCCCCCCCCCCCCCCCCCCCCCCCC/C=C\CCCCCCCCCC)COP(=O)(O)OCC[N+](C)(C)C. The highest BCUT2D eigenvalue weighted by atomic mass is 31.2. The van der Waals surface area contributed by atoms with Crippen molar-refractivity contribution in [3.8, 4) is 0 Å². The van der Waals surface area contributed by atoms with Gasteiger partial charge in [-0.2, -0.15) is 0 Å². The fourth-order valence-corrected chi connectivity index (χ4v) is 12.5. The van der Waals surface area contributed by atoms with Crippen molar-refractivity contribution in [2.75, 3.05) is 47.5 Å². The molecule has 0 aliphatic heterocycles. The van der Waals surface area contributed by atoms with Crippen LogP contribution >= 0.6 is 7.82 Å². The molecule has 0 aromatic heterocycles. The zero-order valence-corrected chi connectivity index (χ0v) is 63.6. The summed E-state index contributed by atoms with van der Waals surface area (Å²) in [6.07, 6.45) is 103. The van der Waals surface area contributed by atoms with Gasteiger partial charge in [-0.05, 0) is 89.9 Å². The number of carbonyl (C=O) groups is 2. The highest BCUT2D eigenvalue weighted by molar-refractivity contribution is 7.47. The maximum Gasteiger partial charge on any atom is 0.472 e. The summed E-state index contributed by atoms with van der Waals surface area (Å²) in [5.74, 6) is -0.789. The van der Waals surface area contributed by atoms with Crippen molar-refractivity contribution < 1.29 is 42.1 Å². The van der Waals surface area contributed by atoms with Crippen LogP contribution in [0.25, 0.3) is 0 Å². The van der Waals surface area contributed by atoms with Crippen LogP contribution in [0, 0.1) is 0 Å². The van der Waals surface area contributed by atoms with E-state index in [0.29, 0.717) is 17.4 Å². The summed E-state index contributed by atoms with van der Waals surface area (Å²) in [5, 5.41) is 0. The van der Waals surface area contributed by atoms with E-state index < -0.39 is 26.5 Å². The van der Waals surface area contributed by atoms with Gasteiger partial charge in [-0.3, -0.25) is 18.6 Å². The number of rotatable bonds is 75. The van der Waals surface area contributed by atoms with Crippen LogP contribution in [0.1, 0.15) is 386 Å². The summed E-state index contributed by atoms with van der Waals surface area (Å²) >= 11 is 0. The number of ether oxygens (including phenoxy) is 2. The molecule has 0 aromatic rings. The number of allylic oxidation sites excluding steroid dienone is 14. The predicted molar refractivity (Wildman–Crippen MR) is 409 cm³/mol. The molecule has 0 spiro atoms. The monoisotopic (exact) mass is 1340 g/mol. The topological polar surface area (TPSA) is 108 Å². The Morgan fingerprint density at radius 1 is 0.340 bits per heavy atom. The van der Waals surface area contributed by atoms with Crippen molar-refractivity contribution in [1.29, 1.82) is 0 Å². The molecule has 0 rings (SSSR count). The smallest absolute Gasteiger partial charge is 0.462 e. The fourth-order valence-electron chi connectivity index (χ4n) is 11.8. The first-order chi connectivity index (χ1) is 46.0. The summed E-state index contributed by atoms with van der Waals surface area (Å²) in [7, 11) is 1.48. The molecular formula is C84H155NO8P+. The van der Waals surface area contributed by atoms with Gasteiger partial charge in [0, 0.05) is 12.8 Å². The van der Waals surface area contributed by atoms with E-state index in [-0.39, 0.29) is 32.0 Å². The Labute approximate surface area is 583 Å². The van der Waals surface area contributed by atoms with Crippen molar-refractivity contribution in [2.45, 2.75) is 392 Å². The Balaban J connectivity index is 3.91. The van der Waals surface area contributed by atoms with Crippen LogP contribution in [-0.2, 0) is 32.7 Å². The summed E-state index contributed by atoms with van der Waals surface area (Å²) in [6.45, 7) is 4.36. The van der Waals surface area contributed by atoms with Gasteiger partial charge < -0.3 is 18.9 Å². The molecule has 0 saturated carbocycles. The molecule has 0 aliphatic rings. The third-order valence-electron chi connectivity index (χ3n) is 17.9. The van der Waals surface area contributed by atoms with Crippen molar-refractivity contribution >= 4 is 19.8 Å². The number of hydrogen-bond donors (Lipinski definition) is 1. The van der Waals surface area contributed by atoms with Gasteiger partial charge in [0.25, 0.3) is 0 Å². The number of likely N-dealkylation sites (N-methyl/N-ethyl adjacent to an activating group) is 1. The zero-order valence-electron chi connectivity index (χ0n) is 62.7. The molecule has 9 nitrogen and oxygen atoms in total. The normalized spacial score (nSPS) is 13.5. The predicted octanol–water partition coefficient (Wildman–Crippen LogP) is 26.8. The third kappa shape index (κ3) is 78.2. The van der Waals surface area contributed by atoms with Crippen molar-refractivity contribution in [3.63, 3.8) is 0 Å². The first-order valence-electron chi connectivity index (χ1n) is 40.3. The Kier molecular flexibility index (Phi) is 72.2. The van der Waals surface area contributed by atoms with Crippen LogP contribution in [0.5, 0.6) is 0 Å². The Morgan fingerprint density at radius 3 is 0.915 bits per heavy atom. The van der Waals surface area contributed by atoms with Crippen LogP contribution in [0.2, 0.25) is 0 Å². The second-order valence-electron chi connectivity index (χ2n) is 28.4. The number of carbonyl (C=O) groups excluding carboxylic acids is 2. The molecule has 94 heavy (non-hydrogen) atoms. The molecule has 2 atom stereocenters. The number of hydrogen-bond acceptors (Lipinski definition) is 7. The summed E-state index contributed by atoms with van der Waals surface area (Å²) in [4.78, 5) is 36.0. The molecule has 548 valence electrons. The molecule has 0 heterocycles. The summed E-state index contributed by atoms with van der Waals surface area (Å²) in [5.41, 5.74) is 0. The lowest BCUT2D eigenvalue weighted by Crippen LogP contribution is -2.37. The van der Waals surface area contributed by atoms with Gasteiger partial charge in [-0.25, -0.2) is 4.57 Å². The average molecular weight is 1340 g/mol. The Morgan fingerprint density at radius 2 is 0.606 bits per heavy atom. The minimum atomic E-state index is -4.40. The van der Waals surface area contributed by atoms with E-state index in [2.05, 4.69) is 98.9 Å². The van der Waals surface area contributed by atoms with E-state index in [1.807, 2.05) is 21.1 Å². The van der Waals surface area contributed by atoms with Gasteiger partial charge in [-0.15, -0.1) is 0 Å². The van der Waals surface area contributed by atoms with E-state index in [1.165, 1.54) is 270 Å².